The molecule has 154 valence electrons. The molecule has 0 amide bonds. The lowest BCUT2D eigenvalue weighted by Crippen LogP contribution is -2.33. The molecule has 0 aliphatic heterocycles. The number of sulfonamides is 1. The molecule has 5 heteroatoms. The molecule has 0 aromatic heterocycles. The minimum absolute atomic E-state index is 0.174. The molecule has 0 N–H and O–H groups in total. The lowest BCUT2D eigenvalue weighted by molar-refractivity contribution is 0.592. The van der Waals surface area contributed by atoms with Crippen LogP contribution >= 0.6 is 15.9 Å². The molecule has 0 fully saturated rings. The summed E-state index contributed by atoms with van der Waals surface area (Å²) in [6.07, 6.45) is 0. The standard InChI is InChI=1S/C25H24BrNO2S/c1-18(2)17-27(30(28,29)23-13-10-19(3)11-14-23)25-15-12-22(26)16-24(25)20(4)21-8-6-5-7-9-21/h5-16H,1,4,17H2,2-3H3. The first-order chi connectivity index (χ1) is 14.2. The summed E-state index contributed by atoms with van der Waals surface area (Å²) in [4.78, 5) is 0.244. The van der Waals surface area contributed by atoms with Crippen LogP contribution in [0.2, 0.25) is 0 Å². The van der Waals surface area contributed by atoms with Crippen LogP contribution in [0, 0.1) is 6.92 Å². The number of benzene rings is 3. The van der Waals surface area contributed by atoms with Gasteiger partial charge in [0.05, 0.1) is 17.1 Å². The molecular weight excluding hydrogens is 458 g/mol. The second-order valence-electron chi connectivity index (χ2n) is 7.29. The molecule has 3 nitrogen and oxygen atoms in total. The summed E-state index contributed by atoms with van der Waals surface area (Å²) < 4.78 is 29.5. The van der Waals surface area contributed by atoms with Gasteiger partial charge < -0.3 is 0 Å². The van der Waals surface area contributed by atoms with Crippen LogP contribution < -0.4 is 4.31 Å². The fourth-order valence-corrected chi connectivity index (χ4v) is 5.05. The molecule has 0 spiro atoms. The van der Waals surface area contributed by atoms with Gasteiger partial charge in [-0.05, 0) is 55.3 Å². The third kappa shape index (κ3) is 4.74. The van der Waals surface area contributed by atoms with Crippen molar-refractivity contribution in [2.45, 2.75) is 18.7 Å². The largest absolute Gasteiger partial charge is 0.264 e. The normalized spacial score (nSPS) is 11.2. The summed E-state index contributed by atoms with van der Waals surface area (Å²) in [5.74, 6) is 0. The number of rotatable bonds is 7. The van der Waals surface area contributed by atoms with Crippen LogP contribution in [0.3, 0.4) is 0 Å². The summed E-state index contributed by atoms with van der Waals surface area (Å²) in [5, 5.41) is 0. The topological polar surface area (TPSA) is 37.4 Å². The average molecular weight is 482 g/mol. The summed E-state index contributed by atoms with van der Waals surface area (Å²) in [7, 11) is -3.80. The van der Waals surface area contributed by atoms with Crippen LogP contribution in [0.4, 0.5) is 5.69 Å². The van der Waals surface area contributed by atoms with Gasteiger partial charge in [-0.3, -0.25) is 4.31 Å². The van der Waals surface area contributed by atoms with E-state index in [0.717, 1.165) is 32.3 Å². The highest BCUT2D eigenvalue weighted by Gasteiger charge is 2.27. The summed E-state index contributed by atoms with van der Waals surface area (Å²) in [5.41, 5.74) is 4.73. The Morgan fingerprint density at radius 1 is 0.967 bits per heavy atom. The highest BCUT2D eigenvalue weighted by Crippen LogP contribution is 2.36. The van der Waals surface area contributed by atoms with Gasteiger partial charge in [0, 0.05) is 10.0 Å². The summed E-state index contributed by atoms with van der Waals surface area (Å²) in [6.45, 7) is 12.1. The van der Waals surface area contributed by atoms with Gasteiger partial charge in [-0.1, -0.05) is 82.7 Å². The van der Waals surface area contributed by atoms with E-state index in [2.05, 4.69) is 29.1 Å². The highest BCUT2D eigenvalue weighted by atomic mass is 79.9. The first-order valence-electron chi connectivity index (χ1n) is 9.48. The lowest BCUT2D eigenvalue weighted by atomic mass is 9.98. The Bertz CT molecular complexity index is 1180. The van der Waals surface area contributed by atoms with Gasteiger partial charge in [-0.25, -0.2) is 8.42 Å². The minimum Gasteiger partial charge on any atom is -0.262 e. The molecule has 3 aromatic rings. The lowest BCUT2D eigenvalue weighted by Gasteiger charge is -2.28. The van der Waals surface area contributed by atoms with E-state index in [-0.39, 0.29) is 11.4 Å². The molecule has 0 radical (unpaired) electrons. The Balaban J connectivity index is 2.19. The Hall–Kier alpha value is -2.63. The second-order valence-corrected chi connectivity index (χ2v) is 10.1. The quantitative estimate of drug-likeness (QED) is 0.356. The number of aryl methyl sites for hydroxylation is 1. The van der Waals surface area contributed by atoms with Gasteiger partial charge in [0.15, 0.2) is 0 Å². The number of halogens is 1. The van der Waals surface area contributed by atoms with Crippen molar-refractivity contribution < 1.29 is 8.42 Å². The summed E-state index contributed by atoms with van der Waals surface area (Å²) >= 11 is 3.51. The molecule has 0 aliphatic rings. The number of hydrogen-bond acceptors (Lipinski definition) is 2. The third-order valence-corrected chi connectivity index (χ3v) is 6.96. The molecular formula is C25H24BrNO2S. The molecule has 0 heterocycles. The van der Waals surface area contributed by atoms with Gasteiger partial charge >= 0.3 is 0 Å². The predicted molar refractivity (Wildman–Crippen MR) is 129 cm³/mol. The van der Waals surface area contributed by atoms with Gasteiger partial charge in [0.25, 0.3) is 10.0 Å². The first kappa shape index (κ1) is 22.1. The zero-order valence-electron chi connectivity index (χ0n) is 17.1. The van der Waals surface area contributed by atoms with E-state index in [4.69, 9.17) is 0 Å². The van der Waals surface area contributed by atoms with E-state index < -0.39 is 10.0 Å². The van der Waals surface area contributed by atoms with Crippen molar-refractivity contribution >= 4 is 37.2 Å². The van der Waals surface area contributed by atoms with Crippen LogP contribution in [0.25, 0.3) is 5.57 Å². The van der Waals surface area contributed by atoms with Crippen molar-refractivity contribution in [1.29, 1.82) is 0 Å². The van der Waals surface area contributed by atoms with Gasteiger partial charge in [-0.2, -0.15) is 0 Å². The highest BCUT2D eigenvalue weighted by molar-refractivity contribution is 9.10. The van der Waals surface area contributed by atoms with Gasteiger partial charge in [-0.15, -0.1) is 0 Å². The van der Waals surface area contributed by atoms with E-state index >= 15 is 0 Å². The van der Waals surface area contributed by atoms with E-state index in [1.165, 1.54) is 4.31 Å². The zero-order valence-corrected chi connectivity index (χ0v) is 19.5. The maximum absolute atomic E-state index is 13.6. The second kappa shape index (κ2) is 9.02. The summed E-state index contributed by atoms with van der Waals surface area (Å²) in [6, 6.07) is 22.2. The fourth-order valence-electron chi connectivity index (χ4n) is 3.14. The van der Waals surface area contributed by atoms with Crippen LogP contribution in [0.1, 0.15) is 23.6 Å². The molecule has 0 saturated heterocycles. The Kier molecular flexibility index (Phi) is 6.64. The molecule has 0 unspecified atom stereocenters. The first-order valence-corrected chi connectivity index (χ1v) is 11.7. The average Bonchev–Trinajstić information content (AvgIpc) is 2.72. The molecule has 0 saturated carbocycles. The monoisotopic (exact) mass is 481 g/mol. The smallest absolute Gasteiger partial charge is 0.262 e. The van der Waals surface area contributed by atoms with Crippen LogP contribution in [-0.4, -0.2) is 15.0 Å². The SMILES string of the molecule is C=C(C)CN(c1ccc(Br)cc1C(=C)c1ccccc1)S(=O)(=O)c1ccc(C)cc1. The number of anilines is 1. The van der Waals surface area contributed by atoms with Gasteiger partial charge in [0.1, 0.15) is 0 Å². The maximum atomic E-state index is 13.6. The van der Waals surface area contributed by atoms with Crippen LogP contribution in [0.15, 0.2) is 101 Å². The van der Waals surface area contributed by atoms with Crippen molar-refractivity contribution in [2.75, 3.05) is 10.8 Å². The number of nitrogens with zero attached hydrogens (tertiary/aromatic N) is 1. The molecule has 30 heavy (non-hydrogen) atoms. The van der Waals surface area contributed by atoms with E-state index in [0.29, 0.717) is 5.69 Å². The van der Waals surface area contributed by atoms with E-state index in [9.17, 15) is 8.42 Å². The number of hydrogen-bond donors (Lipinski definition) is 0. The fraction of sp³-hybridized carbons (Fsp3) is 0.120. The van der Waals surface area contributed by atoms with E-state index in [1.807, 2.05) is 62.4 Å². The molecule has 3 aromatic carbocycles. The van der Waals surface area contributed by atoms with Crippen molar-refractivity contribution in [2.24, 2.45) is 0 Å². The third-order valence-electron chi connectivity index (χ3n) is 4.70. The maximum Gasteiger partial charge on any atom is 0.264 e. The Morgan fingerprint density at radius 2 is 1.60 bits per heavy atom. The van der Waals surface area contributed by atoms with Crippen molar-refractivity contribution in [3.8, 4) is 0 Å². The predicted octanol–water partition coefficient (Wildman–Crippen LogP) is 6.59. The Morgan fingerprint density at radius 3 is 2.20 bits per heavy atom. The zero-order chi connectivity index (χ0) is 21.9. The Labute approximate surface area is 187 Å². The van der Waals surface area contributed by atoms with Gasteiger partial charge in [0.2, 0.25) is 0 Å². The van der Waals surface area contributed by atoms with Crippen molar-refractivity contribution in [3.05, 3.63) is 113 Å². The van der Waals surface area contributed by atoms with Crippen molar-refractivity contribution in [1.82, 2.24) is 0 Å². The molecule has 3 rings (SSSR count). The van der Waals surface area contributed by atoms with Crippen molar-refractivity contribution in [3.63, 3.8) is 0 Å². The molecule has 0 atom stereocenters. The van der Waals surface area contributed by atoms with Crippen LogP contribution in [0.5, 0.6) is 0 Å². The van der Waals surface area contributed by atoms with E-state index in [1.54, 1.807) is 24.3 Å². The van der Waals surface area contributed by atoms with Crippen LogP contribution in [-0.2, 0) is 10.0 Å². The minimum atomic E-state index is -3.80. The molecule has 0 aliphatic carbocycles. The molecule has 0 bridgehead atoms.